The first kappa shape index (κ1) is 23.2. The van der Waals surface area contributed by atoms with E-state index < -0.39 is 0 Å². The van der Waals surface area contributed by atoms with Crippen molar-refractivity contribution in [3.63, 3.8) is 0 Å². The number of furan rings is 1. The zero-order valence-electron chi connectivity index (χ0n) is 20.0. The Hall–Kier alpha value is -3.95. The molecule has 0 unspecified atom stereocenters. The Bertz CT molecular complexity index is 1300. The van der Waals surface area contributed by atoms with Crippen LogP contribution in [0, 0.1) is 20.8 Å². The van der Waals surface area contributed by atoms with E-state index in [4.69, 9.17) is 9.15 Å². The fourth-order valence-corrected chi connectivity index (χ4v) is 3.65. The number of anilines is 1. The summed E-state index contributed by atoms with van der Waals surface area (Å²) in [4.78, 5) is 23.4. The molecule has 0 aliphatic heterocycles. The fraction of sp³-hybridized carbons (Fsp3) is 0.375. The van der Waals surface area contributed by atoms with Gasteiger partial charge in [-0.3, -0.25) is 4.79 Å². The standard InChI is InChI=1S/C24H29N7O3/c1-6-33-22-20-16(4)17(5)34-23(20)30-24(29-22)25-10-9-15(3)28-21(32)18-13-14(2)7-8-19(18)31-26-11-12-27-31/h7-8,11-13,15H,6,9-10H2,1-5H3,(H,28,32)(H,25,29,30)/t15-/m1/s1. The molecule has 0 fully saturated rings. The molecule has 0 aliphatic carbocycles. The second-order valence-corrected chi connectivity index (χ2v) is 8.18. The fourth-order valence-electron chi connectivity index (χ4n) is 3.65. The second kappa shape index (κ2) is 9.90. The predicted octanol–water partition coefficient (Wildman–Crippen LogP) is 3.75. The van der Waals surface area contributed by atoms with Gasteiger partial charge in [0.25, 0.3) is 5.91 Å². The molecule has 1 atom stereocenters. The van der Waals surface area contributed by atoms with Crippen molar-refractivity contribution in [1.82, 2.24) is 30.3 Å². The minimum Gasteiger partial charge on any atom is -0.477 e. The van der Waals surface area contributed by atoms with Crippen LogP contribution in [0.15, 0.2) is 35.0 Å². The molecule has 0 aliphatic rings. The molecule has 4 aromatic rings. The van der Waals surface area contributed by atoms with Gasteiger partial charge in [-0.15, -0.1) is 0 Å². The molecule has 3 heterocycles. The van der Waals surface area contributed by atoms with E-state index in [1.165, 1.54) is 4.80 Å². The van der Waals surface area contributed by atoms with Gasteiger partial charge in [-0.05, 0) is 53.2 Å². The van der Waals surface area contributed by atoms with Crippen molar-refractivity contribution >= 4 is 23.0 Å². The monoisotopic (exact) mass is 463 g/mol. The summed E-state index contributed by atoms with van der Waals surface area (Å²) in [7, 11) is 0. The van der Waals surface area contributed by atoms with Crippen LogP contribution in [0.4, 0.5) is 5.95 Å². The highest BCUT2D eigenvalue weighted by atomic mass is 16.5. The lowest BCUT2D eigenvalue weighted by Crippen LogP contribution is -2.34. The van der Waals surface area contributed by atoms with E-state index in [1.54, 1.807) is 12.4 Å². The molecule has 10 heteroatoms. The van der Waals surface area contributed by atoms with Crippen LogP contribution in [0.3, 0.4) is 0 Å². The topological polar surface area (TPSA) is 120 Å². The summed E-state index contributed by atoms with van der Waals surface area (Å²) in [6.45, 7) is 10.7. The lowest BCUT2D eigenvalue weighted by molar-refractivity contribution is 0.0938. The number of hydrogen-bond acceptors (Lipinski definition) is 8. The summed E-state index contributed by atoms with van der Waals surface area (Å²) in [6.07, 6.45) is 3.82. The Labute approximate surface area is 197 Å². The van der Waals surface area contributed by atoms with E-state index in [9.17, 15) is 4.79 Å². The highest BCUT2D eigenvalue weighted by Crippen LogP contribution is 2.31. The third kappa shape index (κ3) is 4.85. The van der Waals surface area contributed by atoms with E-state index in [0.29, 0.717) is 48.4 Å². The van der Waals surface area contributed by atoms with Gasteiger partial charge in [0.15, 0.2) is 0 Å². The molecular formula is C24H29N7O3. The number of benzene rings is 1. The number of ether oxygens (including phenoxy) is 1. The third-order valence-electron chi connectivity index (χ3n) is 5.55. The van der Waals surface area contributed by atoms with Crippen molar-refractivity contribution in [2.75, 3.05) is 18.5 Å². The molecule has 1 aromatic carbocycles. The van der Waals surface area contributed by atoms with Gasteiger partial charge in [-0.1, -0.05) is 11.6 Å². The van der Waals surface area contributed by atoms with Crippen LogP contribution < -0.4 is 15.4 Å². The highest BCUT2D eigenvalue weighted by molar-refractivity contribution is 5.98. The van der Waals surface area contributed by atoms with E-state index in [1.807, 2.05) is 52.8 Å². The van der Waals surface area contributed by atoms with Gasteiger partial charge in [0.1, 0.15) is 11.1 Å². The SMILES string of the molecule is CCOc1nc(NCC[C@@H](C)NC(=O)c2cc(C)ccc2-n2nccn2)nc2oc(C)c(C)c12. The van der Waals surface area contributed by atoms with Crippen molar-refractivity contribution in [3.05, 3.63) is 53.0 Å². The Morgan fingerprint density at radius 3 is 2.68 bits per heavy atom. The van der Waals surface area contributed by atoms with Gasteiger partial charge < -0.3 is 19.8 Å². The summed E-state index contributed by atoms with van der Waals surface area (Å²) >= 11 is 0. The van der Waals surface area contributed by atoms with Crippen molar-refractivity contribution < 1.29 is 13.9 Å². The molecule has 10 nitrogen and oxygen atoms in total. The lowest BCUT2D eigenvalue weighted by Gasteiger charge is -2.16. The van der Waals surface area contributed by atoms with Gasteiger partial charge in [-0.25, -0.2) is 0 Å². The summed E-state index contributed by atoms with van der Waals surface area (Å²) < 4.78 is 11.5. The van der Waals surface area contributed by atoms with Crippen LogP contribution in [-0.2, 0) is 0 Å². The van der Waals surface area contributed by atoms with Crippen molar-refractivity contribution in [2.24, 2.45) is 0 Å². The van der Waals surface area contributed by atoms with E-state index in [-0.39, 0.29) is 11.9 Å². The lowest BCUT2D eigenvalue weighted by atomic mass is 10.1. The smallest absolute Gasteiger partial charge is 0.253 e. The molecule has 2 N–H and O–H groups in total. The molecule has 1 amide bonds. The van der Waals surface area contributed by atoms with Crippen LogP contribution in [0.5, 0.6) is 5.88 Å². The average Bonchev–Trinajstić information content (AvgIpc) is 3.42. The molecule has 0 bridgehead atoms. The summed E-state index contributed by atoms with van der Waals surface area (Å²) in [5.41, 5.74) is 3.61. The van der Waals surface area contributed by atoms with Crippen LogP contribution in [0.2, 0.25) is 0 Å². The zero-order chi connectivity index (χ0) is 24.2. The van der Waals surface area contributed by atoms with Crippen molar-refractivity contribution in [3.8, 4) is 11.6 Å². The maximum Gasteiger partial charge on any atom is 0.253 e. The Kier molecular flexibility index (Phi) is 6.76. The predicted molar refractivity (Wildman–Crippen MR) is 129 cm³/mol. The van der Waals surface area contributed by atoms with E-state index in [2.05, 4.69) is 30.8 Å². The normalized spacial score (nSPS) is 12.0. The van der Waals surface area contributed by atoms with E-state index >= 15 is 0 Å². The molecule has 0 radical (unpaired) electrons. The number of carbonyl (C=O) groups excluding carboxylic acids is 1. The summed E-state index contributed by atoms with van der Waals surface area (Å²) in [5.74, 6) is 1.54. The Morgan fingerprint density at radius 1 is 1.18 bits per heavy atom. The number of nitrogens with zero attached hydrogens (tertiary/aromatic N) is 5. The minimum absolute atomic E-state index is 0.0952. The minimum atomic E-state index is -0.179. The van der Waals surface area contributed by atoms with Crippen LogP contribution in [0.25, 0.3) is 16.8 Å². The first-order valence-corrected chi connectivity index (χ1v) is 11.3. The average molecular weight is 464 g/mol. The first-order chi connectivity index (χ1) is 16.4. The molecule has 0 saturated heterocycles. The quantitative estimate of drug-likeness (QED) is 0.385. The zero-order valence-corrected chi connectivity index (χ0v) is 20.0. The van der Waals surface area contributed by atoms with Crippen LogP contribution in [-0.4, -0.2) is 50.1 Å². The molecule has 3 aromatic heterocycles. The third-order valence-corrected chi connectivity index (χ3v) is 5.55. The van der Waals surface area contributed by atoms with E-state index in [0.717, 1.165) is 22.3 Å². The molecule has 4 rings (SSSR count). The van der Waals surface area contributed by atoms with Gasteiger partial charge in [0.05, 0.1) is 30.3 Å². The number of carbonyl (C=O) groups is 1. The Balaban J connectivity index is 1.41. The van der Waals surface area contributed by atoms with Gasteiger partial charge in [0, 0.05) is 18.2 Å². The van der Waals surface area contributed by atoms with Crippen molar-refractivity contribution in [1.29, 1.82) is 0 Å². The molecule has 34 heavy (non-hydrogen) atoms. The number of fused-ring (bicyclic) bond motifs is 1. The summed E-state index contributed by atoms with van der Waals surface area (Å²) in [6, 6.07) is 5.52. The van der Waals surface area contributed by atoms with Crippen LogP contribution >= 0.6 is 0 Å². The molecular weight excluding hydrogens is 434 g/mol. The maximum absolute atomic E-state index is 13.0. The number of aromatic nitrogens is 5. The Morgan fingerprint density at radius 2 is 1.94 bits per heavy atom. The number of nitrogens with one attached hydrogen (secondary N) is 2. The maximum atomic E-state index is 13.0. The number of amides is 1. The van der Waals surface area contributed by atoms with Gasteiger partial charge >= 0.3 is 0 Å². The van der Waals surface area contributed by atoms with Crippen LogP contribution in [0.1, 0.15) is 47.5 Å². The molecule has 0 spiro atoms. The number of aryl methyl sites for hydroxylation is 3. The van der Waals surface area contributed by atoms with Crippen molar-refractivity contribution in [2.45, 2.75) is 47.1 Å². The largest absolute Gasteiger partial charge is 0.477 e. The number of rotatable bonds is 9. The van der Waals surface area contributed by atoms with Gasteiger partial charge in [-0.2, -0.15) is 25.0 Å². The number of hydrogen-bond donors (Lipinski definition) is 2. The molecule has 178 valence electrons. The highest BCUT2D eigenvalue weighted by Gasteiger charge is 2.18. The second-order valence-electron chi connectivity index (χ2n) is 8.18. The molecule has 0 saturated carbocycles. The summed E-state index contributed by atoms with van der Waals surface area (Å²) in [5, 5.41) is 15.4. The van der Waals surface area contributed by atoms with Gasteiger partial charge in [0.2, 0.25) is 17.5 Å². The first-order valence-electron chi connectivity index (χ1n) is 11.3.